The van der Waals surface area contributed by atoms with Crippen LogP contribution in [-0.2, 0) is 13.3 Å². The third-order valence-corrected chi connectivity index (χ3v) is 33.4. The van der Waals surface area contributed by atoms with Crippen LogP contribution in [0.5, 0.6) is 0 Å². The summed E-state index contributed by atoms with van der Waals surface area (Å²) in [6, 6.07) is 0.949. The second-order valence-electron chi connectivity index (χ2n) is 6.89. The van der Waals surface area contributed by atoms with Crippen LogP contribution in [0, 0.1) is 0 Å². The molecule has 0 amide bonds. The number of rotatable bonds is 9. The molecule has 0 aromatic heterocycles. The standard InChI is InChI=1S/C12H33O3PSi3/c1-13-19(14-2,15-3)12-10-11-16(17(4,5)6)18(7,8)9/h10-12H2,1-9H3. The van der Waals surface area contributed by atoms with Gasteiger partial charge in [-0.3, -0.25) is 0 Å². The van der Waals surface area contributed by atoms with E-state index in [2.05, 4.69) is 39.3 Å². The Morgan fingerprint density at radius 2 is 1.11 bits per heavy atom. The van der Waals surface area contributed by atoms with Crippen molar-refractivity contribution in [2.45, 2.75) is 51.7 Å². The molecule has 0 N–H and O–H groups in total. The molecular weight excluding hydrogens is 307 g/mol. The van der Waals surface area contributed by atoms with E-state index in [9.17, 15) is 0 Å². The van der Waals surface area contributed by atoms with Gasteiger partial charge in [0.05, 0.1) is 15.5 Å². The predicted molar refractivity (Wildman–Crippen MR) is 94.7 cm³/mol. The maximum absolute atomic E-state index is 5.51. The van der Waals surface area contributed by atoms with Crippen LogP contribution in [0.1, 0.15) is 6.42 Å². The van der Waals surface area contributed by atoms with Crippen molar-refractivity contribution in [2.75, 3.05) is 27.5 Å². The number of hydrogen-bond acceptors (Lipinski definition) is 3. The van der Waals surface area contributed by atoms with Gasteiger partial charge in [0.25, 0.3) is 0 Å². The Morgan fingerprint density at radius 3 is 1.37 bits per heavy atom. The first kappa shape index (κ1) is 20.0. The van der Waals surface area contributed by atoms with Gasteiger partial charge in [0.15, 0.2) is 0 Å². The third kappa shape index (κ3) is 6.50. The second-order valence-corrected chi connectivity index (χ2v) is 32.6. The SMILES string of the molecule is CO[Si](CCCP([Si](C)(C)C)[Si](C)(C)C)(OC)OC. The van der Waals surface area contributed by atoms with Crippen LogP contribution in [-0.4, -0.2) is 51.8 Å². The van der Waals surface area contributed by atoms with E-state index < -0.39 is 24.3 Å². The molecule has 0 aliphatic rings. The summed E-state index contributed by atoms with van der Waals surface area (Å²) in [5.74, 6) is 0. The summed E-state index contributed by atoms with van der Waals surface area (Å²) in [5.41, 5.74) is 0. The fourth-order valence-corrected chi connectivity index (χ4v) is 37.7. The van der Waals surface area contributed by atoms with Crippen molar-refractivity contribution < 1.29 is 13.3 Å². The monoisotopic (exact) mass is 340 g/mol. The van der Waals surface area contributed by atoms with Gasteiger partial charge < -0.3 is 13.3 Å². The molecule has 0 heterocycles. The van der Waals surface area contributed by atoms with E-state index in [0.717, 1.165) is 6.04 Å². The molecule has 0 fully saturated rings. The average molecular weight is 341 g/mol. The normalized spacial score (nSPS) is 14.2. The van der Waals surface area contributed by atoms with Crippen molar-refractivity contribution in [1.82, 2.24) is 0 Å². The van der Waals surface area contributed by atoms with Crippen LogP contribution in [0.25, 0.3) is 0 Å². The second kappa shape index (κ2) is 7.82. The van der Waals surface area contributed by atoms with E-state index in [1.807, 2.05) is 0 Å². The highest BCUT2D eigenvalue weighted by Crippen LogP contribution is 2.55. The van der Waals surface area contributed by atoms with Gasteiger partial charge >= 0.3 is 8.80 Å². The summed E-state index contributed by atoms with van der Waals surface area (Å²) in [5, 5.41) is 0. The van der Waals surface area contributed by atoms with Crippen LogP contribution in [0.3, 0.4) is 0 Å². The Bertz CT molecular complexity index is 238. The lowest BCUT2D eigenvalue weighted by atomic mass is 10.6. The first-order valence-corrected chi connectivity index (χ1v) is 19.1. The molecule has 0 spiro atoms. The van der Waals surface area contributed by atoms with E-state index in [0.29, 0.717) is 0 Å². The van der Waals surface area contributed by atoms with Gasteiger partial charge in [-0.25, -0.2) is 0 Å². The molecule has 0 radical (unpaired) electrons. The molecule has 116 valence electrons. The van der Waals surface area contributed by atoms with Gasteiger partial charge in [-0.1, -0.05) is 39.3 Å². The molecule has 0 aliphatic heterocycles. The Morgan fingerprint density at radius 1 is 0.737 bits per heavy atom. The van der Waals surface area contributed by atoms with Crippen molar-refractivity contribution in [3.63, 3.8) is 0 Å². The highest BCUT2D eigenvalue weighted by atomic mass is 31.6. The fraction of sp³-hybridized carbons (Fsp3) is 1.00. The smallest absolute Gasteiger partial charge is 0.377 e. The lowest BCUT2D eigenvalue weighted by Crippen LogP contribution is -2.43. The third-order valence-electron chi connectivity index (χ3n) is 3.42. The summed E-state index contributed by atoms with van der Waals surface area (Å²) in [6.07, 6.45) is 2.55. The molecule has 0 aromatic rings. The van der Waals surface area contributed by atoms with Crippen molar-refractivity contribution in [2.24, 2.45) is 0 Å². The van der Waals surface area contributed by atoms with Crippen molar-refractivity contribution in [3.8, 4) is 0 Å². The zero-order chi connectivity index (χ0) is 15.3. The topological polar surface area (TPSA) is 27.7 Å². The largest absolute Gasteiger partial charge is 0.500 e. The van der Waals surface area contributed by atoms with Gasteiger partial charge in [-0.05, 0) is 12.6 Å². The summed E-state index contributed by atoms with van der Waals surface area (Å²) < 4.78 is 16.5. The first-order chi connectivity index (χ1) is 8.52. The summed E-state index contributed by atoms with van der Waals surface area (Å²) in [6.45, 7) is 15.2. The maximum atomic E-state index is 5.51. The summed E-state index contributed by atoms with van der Waals surface area (Å²) in [7, 11) is 0.925. The Kier molecular flexibility index (Phi) is 8.22. The molecule has 0 aliphatic carbocycles. The lowest BCUT2D eigenvalue weighted by molar-refractivity contribution is 0.123. The minimum atomic E-state index is -2.36. The van der Waals surface area contributed by atoms with Gasteiger partial charge in [0.1, 0.15) is 0 Å². The highest BCUT2D eigenvalue weighted by Gasteiger charge is 2.40. The van der Waals surface area contributed by atoms with Crippen molar-refractivity contribution >= 4 is 31.3 Å². The first-order valence-electron chi connectivity index (χ1n) is 6.95. The van der Waals surface area contributed by atoms with Crippen molar-refractivity contribution in [3.05, 3.63) is 0 Å². The van der Waals surface area contributed by atoms with Gasteiger partial charge in [-0.2, -0.15) is 0 Å². The van der Waals surface area contributed by atoms with Gasteiger partial charge in [0, 0.05) is 27.4 Å². The van der Waals surface area contributed by atoms with Crippen LogP contribution in [0.2, 0.25) is 45.3 Å². The van der Waals surface area contributed by atoms with Crippen LogP contribution < -0.4 is 0 Å². The molecule has 0 unspecified atom stereocenters. The van der Waals surface area contributed by atoms with E-state index in [1.54, 1.807) is 21.3 Å². The molecular formula is C12H33O3PSi3. The molecule has 0 bridgehead atoms. The zero-order valence-electron chi connectivity index (χ0n) is 14.3. The molecule has 7 heteroatoms. The molecule has 19 heavy (non-hydrogen) atoms. The van der Waals surface area contributed by atoms with Gasteiger partial charge in [0.2, 0.25) is 0 Å². The Hall–Kier alpha value is 0.961. The van der Waals surface area contributed by atoms with Crippen LogP contribution >= 0.6 is 7.02 Å². The molecule has 0 aromatic carbocycles. The number of hydrogen-bond donors (Lipinski definition) is 0. The molecule has 3 nitrogen and oxygen atoms in total. The quantitative estimate of drug-likeness (QED) is 0.460. The minimum absolute atomic E-state index is 0.223. The fourth-order valence-electron chi connectivity index (χ4n) is 2.69. The molecule has 0 saturated carbocycles. The maximum Gasteiger partial charge on any atom is 0.500 e. The van der Waals surface area contributed by atoms with Crippen LogP contribution in [0.4, 0.5) is 0 Å². The van der Waals surface area contributed by atoms with E-state index >= 15 is 0 Å². The average Bonchev–Trinajstić information content (AvgIpc) is 2.27. The summed E-state index contributed by atoms with van der Waals surface area (Å²) in [4.78, 5) is 0. The molecule has 0 atom stereocenters. The van der Waals surface area contributed by atoms with Gasteiger partial charge in [-0.15, -0.1) is 7.02 Å². The highest BCUT2D eigenvalue weighted by molar-refractivity contribution is 8.18. The van der Waals surface area contributed by atoms with E-state index in [-0.39, 0.29) is 7.02 Å². The minimum Gasteiger partial charge on any atom is -0.377 e. The van der Waals surface area contributed by atoms with E-state index in [4.69, 9.17) is 13.3 Å². The molecule has 0 rings (SSSR count). The van der Waals surface area contributed by atoms with Crippen molar-refractivity contribution in [1.29, 1.82) is 0 Å². The van der Waals surface area contributed by atoms with Crippen LogP contribution in [0.15, 0.2) is 0 Å². The Labute approximate surface area is 124 Å². The Balaban J connectivity index is 4.59. The predicted octanol–water partition coefficient (Wildman–Crippen LogP) is 4.41. The van der Waals surface area contributed by atoms with E-state index in [1.165, 1.54) is 12.6 Å². The lowest BCUT2D eigenvalue weighted by Gasteiger charge is -2.40. The molecule has 0 saturated heterocycles. The zero-order valence-corrected chi connectivity index (χ0v) is 18.2. The summed E-state index contributed by atoms with van der Waals surface area (Å²) >= 11 is 0.